The summed E-state index contributed by atoms with van der Waals surface area (Å²) in [6.07, 6.45) is 3.10. The van der Waals surface area contributed by atoms with Gasteiger partial charge in [-0.15, -0.1) is 11.3 Å². The molecule has 4 heteroatoms. The Balaban J connectivity index is 1.64. The maximum atomic E-state index is 11.7. The fourth-order valence-electron chi connectivity index (χ4n) is 2.34. The van der Waals surface area contributed by atoms with Crippen LogP contribution in [-0.2, 0) is 6.42 Å². The van der Waals surface area contributed by atoms with Crippen molar-refractivity contribution < 1.29 is 9.53 Å². The van der Waals surface area contributed by atoms with Gasteiger partial charge in [-0.25, -0.2) is 4.98 Å². The molecule has 21 heavy (non-hydrogen) atoms. The molecule has 0 radical (unpaired) electrons. The molecule has 1 saturated carbocycles. The van der Waals surface area contributed by atoms with Crippen LogP contribution >= 0.6 is 11.3 Å². The molecule has 0 unspecified atom stereocenters. The molecule has 0 saturated heterocycles. The Bertz CT molecular complexity index is 659. The van der Waals surface area contributed by atoms with Gasteiger partial charge in [0.05, 0.1) is 22.2 Å². The molecule has 1 heterocycles. The Morgan fingerprint density at radius 2 is 2.14 bits per heavy atom. The first kappa shape index (κ1) is 14.3. The number of rotatable bonds is 6. The highest BCUT2D eigenvalue weighted by Gasteiger charge is 2.30. The van der Waals surface area contributed by atoms with Crippen molar-refractivity contribution in [3.8, 4) is 5.75 Å². The second-order valence-electron chi connectivity index (χ2n) is 5.52. The first-order chi connectivity index (χ1) is 10.1. The minimum absolute atomic E-state index is 0.139. The van der Waals surface area contributed by atoms with Gasteiger partial charge in [0.1, 0.15) is 5.75 Å². The normalized spacial score (nSPS) is 14.2. The van der Waals surface area contributed by atoms with Gasteiger partial charge < -0.3 is 4.74 Å². The summed E-state index contributed by atoms with van der Waals surface area (Å²) < 4.78 is 5.81. The van der Waals surface area contributed by atoms with Crippen molar-refractivity contribution in [3.63, 3.8) is 0 Å². The molecule has 0 atom stereocenters. The van der Waals surface area contributed by atoms with Crippen molar-refractivity contribution in [2.24, 2.45) is 0 Å². The van der Waals surface area contributed by atoms with Gasteiger partial charge in [-0.3, -0.25) is 4.79 Å². The number of hydrogen-bond acceptors (Lipinski definition) is 4. The zero-order valence-corrected chi connectivity index (χ0v) is 13.2. The maximum absolute atomic E-state index is 11.7. The minimum atomic E-state index is 0.139. The molecule has 1 aromatic carbocycles. The monoisotopic (exact) mass is 301 g/mol. The number of aromatic nitrogens is 1. The van der Waals surface area contributed by atoms with Gasteiger partial charge in [-0.1, -0.05) is 18.2 Å². The van der Waals surface area contributed by atoms with Crippen molar-refractivity contribution in [3.05, 3.63) is 45.4 Å². The average molecular weight is 301 g/mol. The summed E-state index contributed by atoms with van der Waals surface area (Å²) in [6, 6.07) is 8.00. The van der Waals surface area contributed by atoms with Gasteiger partial charge in [0, 0.05) is 19.3 Å². The second-order valence-corrected chi connectivity index (χ2v) is 6.60. The smallest absolute Gasteiger partial charge is 0.171 e. The Hall–Kier alpha value is -1.68. The molecule has 1 aliphatic rings. The molecule has 0 spiro atoms. The average Bonchev–Trinajstić information content (AvgIpc) is 3.21. The van der Waals surface area contributed by atoms with E-state index in [2.05, 4.69) is 4.98 Å². The summed E-state index contributed by atoms with van der Waals surface area (Å²) >= 11 is 1.53. The molecule has 0 aliphatic heterocycles. The molecular formula is C17H19NO2S. The van der Waals surface area contributed by atoms with Crippen LogP contribution in [0.15, 0.2) is 24.3 Å². The maximum Gasteiger partial charge on any atom is 0.171 e. The highest BCUT2D eigenvalue weighted by atomic mass is 32.1. The number of carbonyl (C=O) groups is 1. The van der Waals surface area contributed by atoms with Crippen molar-refractivity contribution in [2.45, 2.75) is 39.0 Å². The molecule has 110 valence electrons. The Morgan fingerprint density at radius 3 is 2.81 bits per heavy atom. The fourth-order valence-corrected chi connectivity index (χ4v) is 3.36. The second kappa shape index (κ2) is 5.98. The Morgan fingerprint density at radius 1 is 1.38 bits per heavy atom. The summed E-state index contributed by atoms with van der Waals surface area (Å²) in [4.78, 5) is 17.2. The largest absolute Gasteiger partial charge is 0.493 e. The third kappa shape index (κ3) is 3.32. The number of carbonyl (C=O) groups excluding carboxylic acids is 1. The van der Waals surface area contributed by atoms with Crippen LogP contribution in [0.25, 0.3) is 0 Å². The van der Waals surface area contributed by atoms with Crippen LogP contribution in [0.4, 0.5) is 0 Å². The molecule has 1 aromatic heterocycles. The summed E-state index contributed by atoms with van der Waals surface area (Å²) in [7, 11) is 0. The predicted molar refractivity (Wildman–Crippen MR) is 84.5 cm³/mol. The van der Waals surface area contributed by atoms with E-state index in [0.717, 1.165) is 33.3 Å². The highest BCUT2D eigenvalue weighted by molar-refractivity contribution is 7.13. The van der Waals surface area contributed by atoms with Gasteiger partial charge in [0.25, 0.3) is 0 Å². The number of para-hydroxylation sites is 1. The number of hydrogen-bond donors (Lipinski definition) is 0. The highest BCUT2D eigenvalue weighted by Crippen LogP contribution is 2.42. The molecule has 0 amide bonds. The van der Waals surface area contributed by atoms with Gasteiger partial charge in [0.2, 0.25) is 0 Å². The zero-order chi connectivity index (χ0) is 14.8. The lowest BCUT2D eigenvalue weighted by Crippen LogP contribution is -2.02. The number of nitrogens with zero attached hydrogens (tertiary/aromatic N) is 1. The summed E-state index contributed by atoms with van der Waals surface area (Å²) in [5.41, 5.74) is 2.16. The third-order valence-electron chi connectivity index (χ3n) is 3.65. The molecule has 2 aromatic rings. The molecule has 1 fully saturated rings. The third-order valence-corrected chi connectivity index (χ3v) is 4.88. The SMILES string of the molecule is CC(=O)c1sc(CCOc2ccccc2C)nc1C1CC1. The van der Waals surface area contributed by atoms with Gasteiger partial charge in [-0.2, -0.15) is 0 Å². The first-order valence-electron chi connectivity index (χ1n) is 7.34. The van der Waals surface area contributed by atoms with Crippen LogP contribution in [0.3, 0.4) is 0 Å². The van der Waals surface area contributed by atoms with E-state index in [1.165, 1.54) is 24.2 Å². The Labute approximate surface area is 129 Å². The minimum Gasteiger partial charge on any atom is -0.493 e. The summed E-state index contributed by atoms with van der Waals surface area (Å²) in [5, 5.41) is 1.01. The van der Waals surface area contributed by atoms with E-state index in [1.54, 1.807) is 6.92 Å². The van der Waals surface area contributed by atoms with Crippen LogP contribution in [0.1, 0.15) is 51.6 Å². The number of aryl methyl sites for hydroxylation is 1. The van der Waals surface area contributed by atoms with Crippen LogP contribution in [0.5, 0.6) is 5.75 Å². The van der Waals surface area contributed by atoms with E-state index in [4.69, 9.17) is 4.74 Å². The quantitative estimate of drug-likeness (QED) is 0.752. The van der Waals surface area contributed by atoms with Crippen molar-refractivity contribution >= 4 is 17.1 Å². The van der Waals surface area contributed by atoms with Crippen LogP contribution < -0.4 is 4.74 Å². The van der Waals surface area contributed by atoms with E-state index in [0.29, 0.717) is 12.5 Å². The topological polar surface area (TPSA) is 39.2 Å². The number of Topliss-reactive ketones (excluding diaryl/α,β-unsaturated/α-hetero) is 1. The van der Waals surface area contributed by atoms with Crippen molar-refractivity contribution in [1.29, 1.82) is 0 Å². The number of thiazole rings is 1. The molecule has 3 nitrogen and oxygen atoms in total. The van der Waals surface area contributed by atoms with E-state index in [1.807, 2.05) is 31.2 Å². The summed E-state index contributed by atoms with van der Waals surface area (Å²) in [5.74, 6) is 1.58. The molecule has 0 N–H and O–H groups in total. The molecular weight excluding hydrogens is 282 g/mol. The molecule has 1 aliphatic carbocycles. The van der Waals surface area contributed by atoms with Gasteiger partial charge >= 0.3 is 0 Å². The number of benzene rings is 1. The van der Waals surface area contributed by atoms with Gasteiger partial charge in [-0.05, 0) is 31.4 Å². The first-order valence-corrected chi connectivity index (χ1v) is 8.15. The number of ketones is 1. The molecule has 0 bridgehead atoms. The summed E-state index contributed by atoms with van der Waals surface area (Å²) in [6.45, 7) is 4.27. The number of ether oxygens (including phenoxy) is 1. The van der Waals surface area contributed by atoms with E-state index in [9.17, 15) is 4.79 Å². The lowest BCUT2D eigenvalue weighted by atomic mass is 10.2. The van der Waals surface area contributed by atoms with E-state index >= 15 is 0 Å². The lowest BCUT2D eigenvalue weighted by molar-refractivity contribution is 0.102. The van der Waals surface area contributed by atoms with Crippen LogP contribution in [0.2, 0.25) is 0 Å². The fraction of sp³-hybridized carbons (Fsp3) is 0.412. The zero-order valence-electron chi connectivity index (χ0n) is 12.4. The standard InChI is InChI=1S/C17H19NO2S/c1-11-5-3-4-6-14(11)20-10-9-15-18-16(13-7-8-13)17(21-15)12(2)19/h3-6,13H,7-10H2,1-2H3. The van der Waals surface area contributed by atoms with E-state index in [-0.39, 0.29) is 5.78 Å². The predicted octanol–water partition coefficient (Wildman–Crippen LogP) is 4.15. The van der Waals surface area contributed by atoms with E-state index < -0.39 is 0 Å². The van der Waals surface area contributed by atoms with Crippen molar-refractivity contribution in [2.75, 3.05) is 6.61 Å². The van der Waals surface area contributed by atoms with Crippen molar-refractivity contribution in [1.82, 2.24) is 4.98 Å². The van der Waals surface area contributed by atoms with Crippen LogP contribution in [0, 0.1) is 6.92 Å². The molecule has 3 rings (SSSR count). The van der Waals surface area contributed by atoms with Gasteiger partial charge in [0.15, 0.2) is 5.78 Å². The Kier molecular flexibility index (Phi) is 4.06. The lowest BCUT2D eigenvalue weighted by Gasteiger charge is -2.07. The van der Waals surface area contributed by atoms with Crippen LogP contribution in [-0.4, -0.2) is 17.4 Å².